The second kappa shape index (κ2) is 7.33. The fourth-order valence-electron chi connectivity index (χ4n) is 5.42. The molecule has 160 valence electrons. The van der Waals surface area contributed by atoms with E-state index < -0.39 is 0 Å². The lowest BCUT2D eigenvalue weighted by Crippen LogP contribution is -2.10. The molecule has 0 aromatic heterocycles. The molecule has 0 fully saturated rings. The average molecular weight is 434 g/mol. The van der Waals surface area contributed by atoms with E-state index in [9.17, 15) is 0 Å². The van der Waals surface area contributed by atoms with Crippen molar-refractivity contribution in [1.82, 2.24) is 0 Å². The van der Waals surface area contributed by atoms with Gasteiger partial charge in [0.1, 0.15) is 0 Å². The second-order valence-electron chi connectivity index (χ2n) is 9.11. The third kappa shape index (κ3) is 2.80. The van der Waals surface area contributed by atoms with E-state index in [1.165, 1.54) is 60.7 Å². The van der Waals surface area contributed by atoms with Crippen LogP contribution in [0.4, 0.5) is 17.1 Å². The Labute approximate surface area is 199 Å². The van der Waals surface area contributed by atoms with Crippen LogP contribution in [0, 0.1) is 6.92 Å². The molecule has 0 N–H and O–H groups in total. The van der Waals surface area contributed by atoms with Gasteiger partial charge < -0.3 is 4.90 Å². The maximum absolute atomic E-state index is 2.40. The van der Waals surface area contributed by atoms with Crippen LogP contribution in [0.5, 0.6) is 0 Å². The van der Waals surface area contributed by atoms with Gasteiger partial charge in [0.15, 0.2) is 0 Å². The van der Waals surface area contributed by atoms with E-state index in [0.717, 1.165) is 5.69 Å². The van der Waals surface area contributed by atoms with Crippen molar-refractivity contribution >= 4 is 38.6 Å². The first-order valence-corrected chi connectivity index (χ1v) is 11.8. The molecular weight excluding hydrogens is 410 g/mol. The number of aryl methyl sites for hydroxylation is 1. The summed E-state index contributed by atoms with van der Waals surface area (Å²) >= 11 is 0. The van der Waals surface area contributed by atoms with Gasteiger partial charge in [0.05, 0.1) is 5.69 Å². The number of fused-ring (bicyclic) bond motifs is 4. The molecule has 34 heavy (non-hydrogen) atoms. The van der Waals surface area contributed by atoms with Crippen LogP contribution in [0.3, 0.4) is 0 Å². The van der Waals surface area contributed by atoms with E-state index in [2.05, 4.69) is 133 Å². The van der Waals surface area contributed by atoms with Crippen molar-refractivity contribution in [2.24, 2.45) is 0 Å². The lowest BCUT2D eigenvalue weighted by atomic mass is 10.00. The standard InChI is InChI=1S/C33H23N/c1-22-13-16-25(17-14-22)34(26-18-15-23-7-2-3-8-24(23)21-26)32-20-19-30-28-10-5-4-9-27(28)29-11-6-12-31(32)33(29)30/h2-21H,1H3. The Morgan fingerprint density at radius 1 is 0.471 bits per heavy atom. The molecule has 0 saturated carbocycles. The quantitative estimate of drug-likeness (QED) is 0.268. The van der Waals surface area contributed by atoms with Gasteiger partial charge in [0.25, 0.3) is 0 Å². The predicted molar refractivity (Wildman–Crippen MR) is 145 cm³/mol. The number of hydrogen-bond donors (Lipinski definition) is 0. The summed E-state index contributed by atoms with van der Waals surface area (Å²) in [6, 6.07) is 44.2. The lowest BCUT2D eigenvalue weighted by Gasteiger charge is -2.27. The van der Waals surface area contributed by atoms with Crippen LogP contribution < -0.4 is 4.90 Å². The van der Waals surface area contributed by atoms with Crippen LogP contribution in [0.1, 0.15) is 5.56 Å². The minimum absolute atomic E-state index is 1.16. The van der Waals surface area contributed by atoms with Gasteiger partial charge in [-0.05, 0) is 75.7 Å². The van der Waals surface area contributed by atoms with Gasteiger partial charge in [-0.15, -0.1) is 0 Å². The topological polar surface area (TPSA) is 3.24 Å². The molecule has 6 aromatic rings. The zero-order chi connectivity index (χ0) is 22.6. The number of rotatable bonds is 3. The second-order valence-corrected chi connectivity index (χ2v) is 9.11. The Morgan fingerprint density at radius 3 is 1.91 bits per heavy atom. The van der Waals surface area contributed by atoms with Gasteiger partial charge in [0, 0.05) is 16.8 Å². The average Bonchev–Trinajstić information content (AvgIpc) is 3.22. The predicted octanol–water partition coefficient (Wildman–Crippen LogP) is 9.42. The first-order chi connectivity index (χ1) is 16.8. The molecule has 0 unspecified atom stereocenters. The summed E-state index contributed by atoms with van der Waals surface area (Å²) in [6.07, 6.45) is 0. The van der Waals surface area contributed by atoms with Gasteiger partial charge in [-0.25, -0.2) is 0 Å². The fourth-order valence-corrected chi connectivity index (χ4v) is 5.42. The van der Waals surface area contributed by atoms with Crippen LogP contribution in [0.25, 0.3) is 43.8 Å². The van der Waals surface area contributed by atoms with Gasteiger partial charge in [-0.1, -0.05) is 96.6 Å². The highest BCUT2D eigenvalue weighted by Gasteiger charge is 2.24. The van der Waals surface area contributed by atoms with Crippen LogP contribution in [0.2, 0.25) is 0 Å². The molecule has 0 bridgehead atoms. The van der Waals surface area contributed by atoms with Crippen LogP contribution in [-0.4, -0.2) is 0 Å². The van der Waals surface area contributed by atoms with Crippen molar-refractivity contribution in [3.8, 4) is 22.3 Å². The van der Waals surface area contributed by atoms with Crippen molar-refractivity contribution in [1.29, 1.82) is 0 Å². The summed E-state index contributed by atoms with van der Waals surface area (Å²) in [5.74, 6) is 0. The van der Waals surface area contributed by atoms with Gasteiger partial charge >= 0.3 is 0 Å². The summed E-state index contributed by atoms with van der Waals surface area (Å²) in [6.45, 7) is 2.14. The van der Waals surface area contributed by atoms with Crippen molar-refractivity contribution in [2.75, 3.05) is 4.90 Å². The molecule has 0 aliphatic heterocycles. The Balaban J connectivity index is 1.52. The minimum Gasteiger partial charge on any atom is -0.310 e. The maximum Gasteiger partial charge on any atom is 0.0540 e. The fraction of sp³-hybridized carbons (Fsp3) is 0.0303. The van der Waals surface area contributed by atoms with Crippen molar-refractivity contribution < 1.29 is 0 Å². The van der Waals surface area contributed by atoms with E-state index in [-0.39, 0.29) is 0 Å². The molecule has 0 spiro atoms. The Morgan fingerprint density at radius 2 is 1.12 bits per heavy atom. The zero-order valence-electron chi connectivity index (χ0n) is 19.0. The van der Waals surface area contributed by atoms with Gasteiger partial charge in [-0.3, -0.25) is 0 Å². The van der Waals surface area contributed by atoms with Crippen molar-refractivity contribution in [2.45, 2.75) is 6.92 Å². The van der Waals surface area contributed by atoms with Gasteiger partial charge in [0.2, 0.25) is 0 Å². The molecule has 0 heterocycles. The smallest absolute Gasteiger partial charge is 0.0540 e. The van der Waals surface area contributed by atoms with E-state index in [0.29, 0.717) is 0 Å². The third-order valence-electron chi connectivity index (χ3n) is 7.05. The van der Waals surface area contributed by atoms with Gasteiger partial charge in [-0.2, -0.15) is 0 Å². The van der Waals surface area contributed by atoms with E-state index in [4.69, 9.17) is 0 Å². The van der Waals surface area contributed by atoms with E-state index in [1.54, 1.807) is 0 Å². The summed E-state index contributed by atoms with van der Waals surface area (Å²) in [4.78, 5) is 2.40. The van der Waals surface area contributed by atoms with Crippen LogP contribution >= 0.6 is 0 Å². The Kier molecular flexibility index (Phi) is 4.13. The molecule has 0 radical (unpaired) electrons. The highest BCUT2D eigenvalue weighted by Crippen LogP contribution is 2.50. The molecule has 1 aliphatic carbocycles. The maximum atomic E-state index is 2.40. The zero-order valence-corrected chi connectivity index (χ0v) is 19.0. The van der Waals surface area contributed by atoms with Crippen LogP contribution in [-0.2, 0) is 0 Å². The number of benzene rings is 6. The molecular formula is C33H23N. The molecule has 0 amide bonds. The van der Waals surface area contributed by atoms with E-state index >= 15 is 0 Å². The number of anilines is 3. The summed E-state index contributed by atoms with van der Waals surface area (Å²) in [7, 11) is 0. The number of nitrogens with zero attached hydrogens (tertiary/aromatic N) is 1. The van der Waals surface area contributed by atoms with Crippen molar-refractivity contribution in [3.05, 3.63) is 127 Å². The van der Waals surface area contributed by atoms with Crippen molar-refractivity contribution in [3.63, 3.8) is 0 Å². The summed E-state index contributed by atoms with van der Waals surface area (Å²) < 4.78 is 0. The molecule has 0 atom stereocenters. The molecule has 6 aromatic carbocycles. The Bertz CT molecular complexity index is 1680. The molecule has 1 aliphatic rings. The third-order valence-corrected chi connectivity index (χ3v) is 7.05. The minimum atomic E-state index is 1.16. The summed E-state index contributed by atoms with van der Waals surface area (Å²) in [5, 5.41) is 5.13. The molecule has 1 heteroatoms. The first-order valence-electron chi connectivity index (χ1n) is 11.8. The SMILES string of the molecule is Cc1ccc(N(c2ccc3ccccc3c2)c2ccc3c4c(cccc24)-c2ccccc2-3)cc1. The summed E-state index contributed by atoms with van der Waals surface area (Å²) in [5.41, 5.74) is 10.1. The first kappa shape index (κ1) is 19.1. The largest absolute Gasteiger partial charge is 0.310 e. The van der Waals surface area contributed by atoms with E-state index in [1.807, 2.05) is 0 Å². The normalized spacial score (nSPS) is 11.7. The van der Waals surface area contributed by atoms with Crippen LogP contribution in [0.15, 0.2) is 121 Å². The Hall–Kier alpha value is -4.36. The number of hydrogen-bond acceptors (Lipinski definition) is 1. The highest BCUT2D eigenvalue weighted by atomic mass is 15.1. The molecule has 1 nitrogen and oxygen atoms in total. The monoisotopic (exact) mass is 433 g/mol. The molecule has 0 saturated heterocycles. The highest BCUT2D eigenvalue weighted by molar-refractivity contribution is 6.19. The molecule has 7 rings (SSSR count). The lowest BCUT2D eigenvalue weighted by molar-refractivity contribution is 1.29.